The van der Waals surface area contributed by atoms with Crippen molar-refractivity contribution in [2.45, 2.75) is 37.3 Å². The minimum absolute atomic E-state index is 0.0459. The quantitative estimate of drug-likeness (QED) is 0.286. The number of nitrogens with one attached hydrogen (secondary N) is 1. The maximum atomic E-state index is 12.4. The molecule has 0 fully saturated rings. The Bertz CT molecular complexity index is 1220. The largest absolute Gasteiger partial charge is 0.330 e. The number of aromatic nitrogens is 3. The van der Waals surface area contributed by atoms with E-state index >= 15 is 0 Å². The second kappa shape index (κ2) is 10.2. The molecule has 0 atom stereocenters. The summed E-state index contributed by atoms with van der Waals surface area (Å²) in [5.41, 5.74) is 5.12. The van der Waals surface area contributed by atoms with Crippen molar-refractivity contribution in [2.75, 3.05) is 10.2 Å². The highest BCUT2D eigenvalue weighted by Gasteiger charge is 2.20. The van der Waals surface area contributed by atoms with Crippen molar-refractivity contribution in [3.05, 3.63) is 70.7 Å². The van der Waals surface area contributed by atoms with E-state index in [2.05, 4.69) is 41.5 Å². The third-order valence-corrected chi connectivity index (χ3v) is 7.56. The molecule has 0 spiro atoms. The summed E-state index contributed by atoms with van der Waals surface area (Å²) in [4.78, 5) is 18.9. The highest BCUT2D eigenvalue weighted by atomic mass is 32.2. The molecule has 1 amide bonds. The molecular weight excluding hydrogens is 458 g/mol. The Labute approximate surface area is 199 Å². The fourth-order valence-electron chi connectivity index (χ4n) is 3.20. The fourth-order valence-corrected chi connectivity index (χ4v) is 5.85. The Morgan fingerprint density at radius 3 is 2.78 bits per heavy atom. The molecule has 0 bridgehead atoms. The Balaban J connectivity index is 1.43. The van der Waals surface area contributed by atoms with Crippen molar-refractivity contribution in [1.29, 1.82) is 0 Å². The van der Waals surface area contributed by atoms with Gasteiger partial charge in [0.05, 0.1) is 11.4 Å². The van der Waals surface area contributed by atoms with Crippen LogP contribution < -0.4 is 10.2 Å². The van der Waals surface area contributed by atoms with E-state index in [0.717, 1.165) is 38.5 Å². The zero-order valence-electron chi connectivity index (χ0n) is 18.0. The molecule has 0 unspecified atom stereocenters. The zero-order chi connectivity index (χ0) is 22.5. The highest BCUT2D eigenvalue weighted by molar-refractivity contribution is 8.00. The molecule has 164 valence electrons. The van der Waals surface area contributed by atoms with Gasteiger partial charge in [-0.3, -0.25) is 9.69 Å². The van der Waals surface area contributed by atoms with Crippen LogP contribution in [0.3, 0.4) is 0 Å². The summed E-state index contributed by atoms with van der Waals surface area (Å²) >= 11 is 4.58. The summed E-state index contributed by atoms with van der Waals surface area (Å²) < 4.78 is 0.870. The number of thioether (sulfide) groups is 1. The van der Waals surface area contributed by atoms with Crippen LogP contribution in [0.4, 0.5) is 21.6 Å². The van der Waals surface area contributed by atoms with Crippen molar-refractivity contribution in [1.82, 2.24) is 15.2 Å². The van der Waals surface area contributed by atoms with Crippen LogP contribution in [0.25, 0.3) is 0 Å². The summed E-state index contributed by atoms with van der Waals surface area (Å²) in [6.07, 6.45) is 0.851. The lowest BCUT2D eigenvalue weighted by Crippen LogP contribution is -2.23. The van der Waals surface area contributed by atoms with Gasteiger partial charge in [0.2, 0.25) is 11.0 Å². The number of anilines is 4. The number of hydrogen-bond donors (Lipinski definition) is 1. The fraction of sp³-hybridized carbons (Fsp3) is 0.217. The van der Waals surface area contributed by atoms with Gasteiger partial charge in [0.25, 0.3) is 0 Å². The minimum atomic E-state index is -0.0459. The van der Waals surface area contributed by atoms with Gasteiger partial charge in [0, 0.05) is 23.7 Å². The van der Waals surface area contributed by atoms with Crippen LogP contribution in [0.5, 0.6) is 0 Å². The first-order valence-electron chi connectivity index (χ1n) is 10.2. The van der Waals surface area contributed by atoms with Gasteiger partial charge >= 0.3 is 0 Å². The maximum absolute atomic E-state index is 12.4. The van der Waals surface area contributed by atoms with Gasteiger partial charge < -0.3 is 5.32 Å². The number of carbonyl (C=O) groups excluding carboxylic acids is 1. The molecule has 0 aliphatic heterocycles. The first kappa shape index (κ1) is 22.4. The normalized spacial score (nSPS) is 10.8. The molecule has 6 nitrogen and oxygen atoms in total. The van der Waals surface area contributed by atoms with Crippen LogP contribution in [0, 0.1) is 6.92 Å². The molecule has 0 radical (unpaired) electrons. The van der Waals surface area contributed by atoms with Crippen LogP contribution >= 0.6 is 34.4 Å². The predicted octanol–water partition coefficient (Wildman–Crippen LogP) is 6.59. The second-order valence-electron chi connectivity index (χ2n) is 7.11. The van der Waals surface area contributed by atoms with E-state index in [1.807, 2.05) is 41.8 Å². The molecule has 32 heavy (non-hydrogen) atoms. The van der Waals surface area contributed by atoms with Crippen molar-refractivity contribution in [2.24, 2.45) is 0 Å². The van der Waals surface area contributed by atoms with Gasteiger partial charge in [-0.05, 0) is 42.7 Å². The Kier molecular flexibility index (Phi) is 7.19. The SMILES string of the molecule is CCc1ccccc1N(C(C)=O)c1nc(CSc2nnc(Nc3cccc(C)c3)s2)cs1. The van der Waals surface area contributed by atoms with Crippen molar-refractivity contribution in [3.63, 3.8) is 0 Å². The van der Waals surface area contributed by atoms with Crippen molar-refractivity contribution < 1.29 is 4.79 Å². The molecule has 0 saturated carbocycles. The summed E-state index contributed by atoms with van der Waals surface area (Å²) in [6.45, 7) is 5.72. The van der Waals surface area contributed by atoms with Crippen LogP contribution in [-0.4, -0.2) is 21.1 Å². The average molecular weight is 482 g/mol. The van der Waals surface area contributed by atoms with E-state index in [4.69, 9.17) is 4.98 Å². The number of aryl methyl sites for hydroxylation is 2. The van der Waals surface area contributed by atoms with E-state index in [-0.39, 0.29) is 5.91 Å². The molecule has 0 aliphatic carbocycles. The number of benzene rings is 2. The molecule has 2 aromatic carbocycles. The second-order valence-corrected chi connectivity index (χ2v) is 10.2. The smallest absolute Gasteiger partial charge is 0.230 e. The third kappa shape index (κ3) is 5.35. The van der Waals surface area contributed by atoms with Gasteiger partial charge in [-0.25, -0.2) is 4.98 Å². The van der Waals surface area contributed by atoms with Crippen molar-refractivity contribution >= 4 is 62.0 Å². The molecule has 4 aromatic rings. The highest BCUT2D eigenvalue weighted by Crippen LogP contribution is 2.34. The number of hydrogen-bond acceptors (Lipinski definition) is 8. The average Bonchev–Trinajstić information content (AvgIpc) is 3.42. The van der Waals surface area contributed by atoms with Gasteiger partial charge in [0.1, 0.15) is 0 Å². The lowest BCUT2D eigenvalue weighted by Gasteiger charge is -2.20. The van der Waals surface area contributed by atoms with E-state index in [9.17, 15) is 4.79 Å². The van der Waals surface area contributed by atoms with Gasteiger partial charge in [-0.15, -0.1) is 21.5 Å². The summed E-state index contributed by atoms with van der Waals surface area (Å²) in [6, 6.07) is 16.1. The number of para-hydroxylation sites is 1. The summed E-state index contributed by atoms with van der Waals surface area (Å²) in [7, 11) is 0. The predicted molar refractivity (Wildman–Crippen MR) is 135 cm³/mol. The van der Waals surface area contributed by atoms with Crippen molar-refractivity contribution in [3.8, 4) is 0 Å². The van der Waals surface area contributed by atoms with E-state index in [1.165, 1.54) is 28.2 Å². The topological polar surface area (TPSA) is 71.0 Å². The molecule has 1 N–H and O–H groups in total. The first-order chi connectivity index (χ1) is 15.5. The first-order valence-corrected chi connectivity index (χ1v) is 12.8. The van der Waals surface area contributed by atoms with E-state index in [1.54, 1.807) is 23.6 Å². The standard InChI is InChI=1S/C23H23N5OS3/c1-4-17-9-5-6-11-20(17)28(16(3)29)22-25-19(13-30-22)14-31-23-27-26-21(32-23)24-18-10-7-8-15(2)12-18/h5-13H,4,14H2,1-3H3,(H,24,26). The third-order valence-electron chi connectivity index (χ3n) is 4.68. The number of rotatable bonds is 8. The number of thiazole rings is 1. The van der Waals surface area contributed by atoms with Crippen LogP contribution in [-0.2, 0) is 17.0 Å². The van der Waals surface area contributed by atoms with E-state index < -0.39 is 0 Å². The summed E-state index contributed by atoms with van der Waals surface area (Å²) in [5.74, 6) is 0.618. The van der Waals surface area contributed by atoms with Gasteiger partial charge in [-0.1, -0.05) is 60.4 Å². The zero-order valence-corrected chi connectivity index (χ0v) is 20.5. The number of nitrogens with zero attached hydrogens (tertiary/aromatic N) is 4. The minimum Gasteiger partial charge on any atom is -0.330 e. The Morgan fingerprint density at radius 2 is 2.00 bits per heavy atom. The number of amides is 1. The lowest BCUT2D eigenvalue weighted by atomic mass is 10.1. The Morgan fingerprint density at radius 1 is 1.16 bits per heavy atom. The molecule has 0 aliphatic rings. The molecule has 4 rings (SSSR count). The van der Waals surface area contributed by atoms with Crippen LogP contribution in [0.2, 0.25) is 0 Å². The molecular formula is C23H23N5OS3. The van der Waals surface area contributed by atoms with Crippen LogP contribution in [0.15, 0.2) is 58.3 Å². The van der Waals surface area contributed by atoms with E-state index in [0.29, 0.717) is 10.9 Å². The molecule has 0 saturated heterocycles. The maximum Gasteiger partial charge on any atom is 0.230 e. The molecule has 9 heteroatoms. The summed E-state index contributed by atoms with van der Waals surface area (Å²) in [5, 5.41) is 15.3. The Hall–Kier alpha value is -2.75. The molecule has 2 aromatic heterocycles. The van der Waals surface area contributed by atoms with Crippen LogP contribution in [0.1, 0.15) is 30.7 Å². The van der Waals surface area contributed by atoms with Gasteiger partial charge in [-0.2, -0.15) is 0 Å². The van der Waals surface area contributed by atoms with Gasteiger partial charge in [0.15, 0.2) is 9.47 Å². The number of carbonyl (C=O) groups is 1. The lowest BCUT2D eigenvalue weighted by molar-refractivity contribution is -0.115. The monoisotopic (exact) mass is 481 g/mol. The molecule has 2 heterocycles.